The number of esters is 1. The van der Waals surface area contributed by atoms with Crippen molar-refractivity contribution < 1.29 is 37.8 Å². The fraction of sp³-hybridized carbons (Fsp3) is 0.409. The van der Waals surface area contributed by atoms with Gasteiger partial charge in [0.15, 0.2) is 11.8 Å². The Kier molecular flexibility index (Phi) is 17.9. The van der Waals surface area contributed by atoms with E-state index in [1.165, 1.54) is 40.5 Å². The van der Waals surface area contributed by atoms with Crippen molar-refractivity contribution in [1.29, 1.82) is 0 Å². The number of rotatable bonds is 11. The average molecular weight is 940 g/mol. The molecule has 0 N–H and O–H groups in total. The van der Waals surface area contributed by atoms with E-state index in [2.05, 4.69) is 165 Å². The van der Waals surface area contributed by atoms with Gasteiger partial charge < -0.3 is 14.2 Å². The van der Waals surface area contributed by atoms with E-state index in [0.29, 0.717) is 17.8 Å². The molecule has 2 aliphatic rings. The van der Waals surface area contributed by atoms with E-state index in [9.17, 15) is 4.79 Å². The Hall–Kier alpha value is -2.02. The van der Waals surface area contributed by atoms with Crippen molar-refractivity contribution in [2.45, 2.75) is 84.9 Å². The molecule has 282 valence electrons. The van der Waals surface area contributed by atoms with Crippen LogP contribution in [0.3, 0.4) is 0 Å². The molecular formula is C44H55ClO4P2Pt. The first-order valence-electron chi connectivity index (χ1n) is 18.4. The molecule has 4 nitrogen and oxygen atoms in total. The Morgan fingerprint density at radius 1 is 0.750 bits per heavy atom. The van der Waals surface area contributed by atoms with Crippen molar-refractivity contribution in [3.05, 3.63) is 128 Å². The van der Waals surface area contributed by atoms with Crippen LogP contribution >= 0.6 is 25.3 Å². The Labute approximate surface area is 331 Å². The van der Waals surface area contributed by atoms with Gasteiger partial charge in [0.05, 0.1) is 12.2 Å². The summed E-state index contributed by atoms with van der Waals surface area (Å²) in [5.74, 6) is 1.09. The normalized spacial score (nSPS) is 22.2. The summed E-state index contributed by atoms with van der Waals surface area (Å²) in [4.78, 5) is 11.3. The quantitative estimate of drug-likeness (QED) is 0.0855. The molecule has 0 aromatic heterocycles. The number of ether oxygens (including phenoxy) is 3. The Morgan fingerprint density at radius 3 is 1.44 bits per heavy atom. The van der Waals surface area contributed by atoms with Gasteiger partial charge in [-0.1, -0.05) is 149 Å². The van der Waals surface area contributed by atoms with Gasteiger partial charge in [0.25, 0.3) is 0 Å². The van der Waals surface area contributed by atoms with Gasteiger partial charge in [-0.05, 0) is 81.5 Å². The van der Waals surface area contributed by atoms with Crippen LogP contribution in [-0.4, -0.2) is 42.4 Å². The first-order valence-corrected chi connectivity index (χ1v) is 24.2. The summed E-state index contributed by atoms with van der Waals surface area (Å²) < 4.78 is 18.7. The monoisotopic (exact) mass is 939 g/mol. The fourth-order valence-electron chi connectivity index (χ4n) is 7.20. The molecule has 6 rings (SSSR count). The van der Waals surface area contributed by atoms with E-state index in [0.717, 1.165) is 18.7 Å². The minimum absolute atomic E-state index is 0.0361. The second kappa shape index (κ2) is 21.8. The van der Waals surface area contributed by atoms with E-state index in [-0.39, 0.29) is 24.3 Å². The van der Waals surface area contributed by atoms with Gasteiger partial charge in [0.1, 0.15) is 6.10 Å². The average Bonchev–Trinajstić information content (AvgIpc) is 3.47. The predicted molar refractivity (Wildman–Crippen MR) is 219 cm³/mol. The fourth-order valence-corrected chi connectivity index (χ4v) is 12.1. The summed E-state index contributed by atoms with van der Waals surface area (Å²) >= 11 is 1.61. The molecule has 2 fully saturated rings. The van der Waals surface area contributed by atoms with Gasteiger partial charge >= 0.3 is 28.2 Å². The molecule has 8 heteroatoms. The zero-order valence-corrected chi connectivity index (χ0v) is 36.2. The van der Waals surface area contributed by atoms with Gasteiger partial charge in [-0.2, -0.15) is 6.92 Å². The molecule has 1 saturated heterocycles. The van der Waals surface area contributed by atoms with Crippen LogP contribution in [0.25, 0.3) is 0 Å². The van der Waals surface area contributed by atoms with Crippen molar-refractivity contribution in [3.63, 3.8) is 0 Å². The van der Waals surface area contributed by atoms with E-state index in [4.69, 9.17) is 14.2 Å². The molecule has 0 radical (unpaired) electrons. The van der Waals surface area contributed by atoms with E-state index in [1.54, 1.807) is 25.7 Å². The molecular weight excluding hydrogens is 885 g/mol. The van der Waals surface area contributed by atoms with Crippen LogP contribution in [0, 0.1) is 24.2 Å². The third-order valence-corrected chi connectivity index (χ3v) is 14.9. The second-order valence-corrected chi connectivity index (χ2v) is 18.9. The van der Waals surface area contributed by atoms with E-state index < -0.39 is 21.6 Å². The molecule has 5 atom stereocenters. The van der Waals surface area contributed by atoms with Crippen LogP contribution in [0.5, 0.6) is 0 Å². The summed E-state index contributed by atoms with van der Waals surface area (Å²) in [5, 5.41) is 5.53. The Bertz CT molecular complexity index is 1410. The molecule has 52 heavy (non-hydrogen) atoms. The molecule has 0 unspecified atom stereocenters. The van der Waals surface area contributed by atoms with Crippen molar-refractivity contribution in [2.24, 2.45) is 17.8 Å². The maximum atomic E-state index is 11.3. The zero-order chi connectivity index (χ0) is 37.5. The van der Waals surface area contributed by atoms with E-state index >= 15 is 0 Å². The van der Waals surface area contributed by atoms with Gasteiger partial charge in [0.2, 0.25) is 0 Å². The first-order chi connectivity index (χ1) is 25.1. The molecule has 0 bridgehead atoms. The maximum absolute atomic E-state index is 11.3. The third-order valence-electron chi connectivity index (χ3n) is 9.75. The topological polar surface area (TPSA) is 44.8 Å². The number of hydrogen-bond donors (Lipinski definition) is 0. The SMILES string of the molecule is CC1(C)O[C@@H](CP(c2ccccc2)c2ccccc2)[C@H](CP(c2ccccc2)c2ccccc2)O1.C[CH-]C(=O)O[C@@H]1C[C@H](C)CC[C@H]1C(C)C.[Cl][Pt+]. The molecule has 1 saturated carbocycles. The predicted octanol–water partition coefficient (Wildman–Crippen LogP) is 9.67. The van der Waals surface area contributed by atoms with Crippen molar-refractivity contribution >= 4 is 52.4 Å². The molecule has 4 aromatic carbocycles. The summed E-state index contributed by atoms with van der Waals surface area (Å²) in [7, 11) is 3.49. The van der Waals surface area contributed by atoms with Crippen LogP contribution in [0.15, 0.2) is 121 Å². The summed E-state index contributed by atoms with van der Waals surface area (Å²) in [6.07, 6.45) is 7.11. The molecule has 0 amide bonds. The van der Waals surface area contributed by atoms with Gasteiger partial charge in [-0.15, -0.1) is 0 Å². The zero-order valence-electron chi connectivity index (χ0n) is 31.3. The van der Waals surface area contributed by atoms with E-state index in [1.807, 2.05) is 0 Å². The van der Waals surface area contributed by atoms with Gasteiger partial charge in [-0.3, -0.25) is 11.2 Å². The van der Waals surface area contributed by atoms with Gasteiger partial charge in [0, 0.05) is 12.3 Å². The molecule has 1 heterocycles. The summed E-state index contributed by atoms with van der Waals surface area (Å²) in [5.41, 5.74) is 0. The minimum atomic E-state index is -0.585. The van der Waals surface area contributed by atoms with Crippen LogP contribution in [0.1, 0.15) is 60.8 Å². The summed E-state index contributed by atoms with van der Waals surface area (Å²) in [6.45, 7) is 12.5. The van der Waals surface area contributed by atoms with Crippen molar-refractivity contribution in [1.82, 2.24) is 0 Å². The van der Waals surface area contributed by atoms with Crippen LogP contribution in [-0.2, 0) is 37.8 Å². The molecule has 4 aromatic rings. The molecule has 0 spiro atoms. The number of halogens is 1. The number of carbonyl (C=O) groups excluding carboxylic acids is 1. The van der Waals surface area contributed by atoms with Crippen LogP contribution in [0.4, 0.5) is 0 Å². The number of hydrogen-bond acceptors (Lipinski definition) is 4. The number of benzene rings is 4. The first kappa shape index (κ1) is 42.7. The Morgan fingerprint density at radius 2 is 1.12 bits per heavy atom. The van der Waals surface area contributed by atoms with Gasteiger partial charge in [-0.25, -0.2) is 0 Å². The van der Waals surface area contributed by atoms with Crippen molar-refractivity contribution in [2.75, 3.05) is 12.3 Å². The molecule has 1 aliphatic heterocycles. The summed E-state index contributed by atoms with van der Waals surface area (Å²) in [6, 6.07) is 43.6. The van der Waals surface area contributed by atoms with Crippen LogP contribution < -0.4 is 21.2 Å². The third kappa shape index (κ3) is 12.8. The Balaban J connectivity index is 0.000000299. The molecule has 1 aliphatic carbocycles. The standard InChI is InChI=1S/C31H32O2P2.C13H23O2.ClH.Pt/c1-31(2)32-29(23-34(25-15-7-3-8-16-25)26-17-9-4-10-18-26)30(33-31)24-35(27-19-11-5-12-20-27)28-21-13-6-14-22-28;1-5-13(14)15-12-8-10(4)6-7-11(12)9(2)3;;/h3-22,29-30H,23-24H2,1-2H3;5,9-12H,6-8H2,1-4H3;1H;/q;-1;;+2/p-1/t29-,30-;10-,11+,12-;;/m01../s1. The van der Waals surface area contributed by atoms with Crippen LogP contribution in [0.2, 0.25) is 0 Å². The van der Waals surface area contributed by atoms with Crippen molar-refractivity contribution in [3.8, 4) is 0 Å². The second-order valence-electron chi connectivity index (χ2n) is 14.4. The number of carbonyl (C=O) groups is 1.